The van der Waals surface area contributed by atoms with Crippen LogP contribution in [0.1, 0.15) is 33.6 Å². The molecule has 3 heteroatoms. The van der Waals surface area contributed by atoms with Gasteiger partial charge in [0.1, 0.15) is 0 Å². The molecule has 2 fully saturated rings. The summed E-state index contributed by atoms with van der Waals surface area (Å²) in [6.45, 7) is 14.4. The summed E-state index contributed by atoms with van der Waals surface area (Å²) in [5.74, 6) is 0.764. The highest BCUT2D eigenvalue weighted by Gasteiger charge is 2.32. The molecule has 2 atom stereocenters. The van der Waals surface area contributed by atoms with E-state index in [4.69, 9.17) is 0 Å². The fourth-order valence-electron chi connectivity index (χ4n) is 3.40. The zero-order valence-corrected chi connectivity index (χ0v) is 11.8. The van der Waals surface area contributed by atoms with Crippen LogP contribution in [-0.2, 0) is 0 Å². The van der Waals surface area contributed by atoms with Crippen molar-refractivity contribution in [2.75, 3.05) is 39.3 Å². The molecule has 0 bridgehead atoms. The van der Waals surface area contributed by atoms with E-state index in [0.29, 0.717) is 0 Å². The fourth-order valence-corrected chi connectivity index (χ4v) is 3.40. The predicted molar refractivity (Wildman–Crippen MR) is 73.3 cm³/mol. The average molecular weight is 239 g/mol. The Bertz CT molecular complexity index is 230. The number of hydrogen-bond donors (Lipinski definition) is 1. The smallest absolute Gasteiger partial charge is 0.0247 e. The van der Waals surface area contributed by atoms with E-state index in [9.17, 15) is 0 Å². The summed E-state index contributed by atoms with van der Waals surface area (Å²) in [7, 11) is 0. The molecule has 2 rings (SSSR count). The summed E-state index contributed by atoms with van der Waals surface area (Å²) in [6, 6.07) is 1.55. The number of rotatable bonds is 3. The van der Waals surface area contributed by atoms with Crippen LogP contribution in [0.5, 0.6) is 0 Å². The normalized spacial score (nSPS) is 33.2. The van der Waals surface area contributed by atoms with Crippen LogP contribution in [-0.4, -0.2) is 61.2 Å². The third kappa shape index (κ3) is 3.21. The highest BCUT2D eigenvalue weighted by Crippen LogP contribution is 2.22. The van der Waals surface area contributed by atoms with E-state index in [0.717, 1.165) is 18.0 Å². The van der Waals surface area contributed by atoms with Crippen LogP contribution >= 0.6 is 0 Å². The maximum Gasteiger partial charge on any atom is 0.0247 e. The molecule has 100 valence electrons. The predicted octanol–water partition coefficient (Wildman–Crippen LogP) is 1.40. The van der Waals surface area contributed by atoms with E-state index in [1.54, 1.807) is 0 Å². The van der Waals surface area contributed by atoms with Gasteiger partial charge in [0.2, 0.25) is 0 Å². The average Bonchev–Trinajstić information content (AvgIpc) is 2.39. The van der Waals surface area contributed by atoms with Gasteiger partial charge in [-0.3, -0.25) is 4.90 Å². The molecule has 2 aliphatic heterocycles. The van der Waals surface area contributed by atoms with Crippen LogP contribution < -0.4 is 5.32 Å². The number of piperidine rings is 1. The Morgan fingerprint density at radius 1 is 1.29 bits per heavy atom. The van der Waals surface area contributed by atoms with E-state index in [-0.39, 0.29) is 0 Å². The Morgan fingerprint density at radius 3 is 2.82 bits per heavy atom. The molecule has 17 heavy (non-hydrogen) atoms. The van der Waals surface area contributed by atoms with Crippen molar-refractivity contribution in [1.82, 2.24) is 15.1 Å². The molecule has 3 nitrogen and oxygen atoms in total. The third-order valence-corrected chi connectivity index (χ3v) is 4.49. The van der Waals surface area contributed by atoms with Crippen molar-refractivity contribution in [3.05, 3.63) is 0 Å². The van der Waals surface area contributed by atoms with E-state index < -0.39 is 0 Å². The lowest BCUT2D eigenvalue weighted by Gasteiger charge is -2.46. The quantitative estimate of drug-likeness (QED) is 0.803. The molecule has 2 unspecified atom stereocenters. The van der Waals surface area contributed by atoms with Crippen LogP contribution in [0.3, 0.4) is 0 Å². The first-order valence-electron chi connectivity index (χ1n) is 7.41. The molecule has 0 spiro atoms. The minimum Gasteiger partial charge on any atom is -0.314 e. The minimum absolute atomic E-state index is 0.741. The van der Waals surface area contributed by atoms with Crippen molar-refractivity contribution < 1.29 is 0 Å². The van der Waals surface area contributed by atoms with Gasteiger partial charge in [0, 0.05) is 38.3 Å². The summed E-state index contributed by atoms with van der Waals surface area (Å²) >= 11 is 0. The van der Waals surface area contributed by atoms with Crippen LogP contribution in [0.4, 0.5) is 0 Å². The van der Waals surface area contributed by atoms with Gasteiger partial charge in [0.15, 0.2) is 0 Å². The number of hydrogen-bond acceptors (Lipinski definition) is 3. The second-order valence-electron chi connectivity index (χ2n) is 5.94. The van der Waals surface area contributed by atoms with Crippen molar-refractivity contribution in [3.8, 4) is 0 Å². The topological polar surface area (TPSA) is 18.5 Å². The molecular formula is C14H29N3. The number of likely N-dealkylation sites (tertiary alicyclic amines) is 1. The molecular weight excluding hydrogens is 210 g/mol. The molecule has 0 radical (unpaired) electrons. The molecule has 0 aliphatic carbocycles. The molecule has 0 aromatic rings. The highest BCUT2D eigenvalue weighted by molar-refractivity contribution is 4.89. The molecule has 2 aliphatic rings. The number of likely N-dealkylation sites (N-methyl/N-ethyl adjacent to an activating group) is 1. The lowest BCUT2D eigenvalue weighted by Crippen LogP contribution is -2.60. The number of nitrogens with zero attached hydrogens (tertiary/aromatic N) is 2. The first-order chi connectivity index (χ1) is 8.22. The van der Waals surface area contributed by atoms with Gasteiger partial charge in [-0.15, -0.1) is 0 Å². The second-order valence-corrected chi connectivity index (χ2v) is 5.94. The summed E-state index contributed by atoms with van der Waals surface area (Å²) in [4.78, 5) is 5.41. The zero-order chi connectivity index (χ0) is 12.3. The van der Waals surface area contributed by atoms with Crippen molar-refractivity contribution in [3.63, 3.8) is 0 Å². The molecule has 0 amide bonds. The van der Waals surface area contributed by atoms with Crippen LogP contribution in [0.25, 0.3) is 0 Å². The molecule has 1 N–H and O–H groups in total. The highest BCUT2D eigenvalue weighted by atomic mass is 15.3. The Hall–Kier alpha value is -0.120. The SMILES string of the molecule is CCN1CCCC(N2CCNCC2C(C)C)C1. The van der Waals surface area contributed by atoms with Gasteiger partial charge in [-0.1, -0.05) is 20.8 Å². The first kappa shape index (κ1) is 13.3. The Balaban J connectivity index is 1.98. The minimum atomic E-state index is 0.741. The first-order valence-corrected chi connectivity index (χ1v) is 7.41. The van der Waals surface area contributed by atoms with Gasteiger partial charge >= 0.3 is 0 Å². The maximum absolute atomic E-state index is 3.56. The van der Waals surface area contributed by atoms with Gasteiger partial charge in [-0.25, -0.2) is 0 Å². The summed E-state index contributed by atoms with van der Waals surface area (Å²) < 4.78 is 0. The summed E-state index contributed by atoms with van der Waals surface area (Å²) in [6.07, 6.45) is 2.78. The van der Waals surface area contributed by atoms with E-state index in [1.165, 1.54) is 52.1 Å². The third-order valence-electron chi connectivity index (χ3n) is 4.49. The molecule has 2 heterocycles. The van der Waals surface area contributed by atoms with Crippen molar-refractivity contribution in [2.45, 2.75) is 45.7 Å². The Kier molecular flexibility index (Phi) is 4.83. The van der Waals surface area contributed by atoms with Crippen molar-refractivity contribution in [2.24, 2.45) is 5.92 Å². The second kappa shape index (κ2) is 6.17. The van der Waals surface area contributed by atoms with Gasteiger partial charge in [-0.2, -0.15) is 0 Å². The Labute approximate surface area is 107 Å². The Morgan fingerprint density at radius 2 is 2.12 bits per heavy atom. The zero-order valence-electron chi connectivity index (χ0n) is 11.8. The monoisotopic (exact) mass is 239 g/mol. The molecule has 0 saturated carbocycles. The standard InChI is InChI=1S/C14H29N3/c1-4-16-8-5-6-13(11-16)17-9-7-15-10-14(17)12(2)3/h12-15H,4-11H2,1-3H3. The lowest BCUT2D eigenvalue weighted by atomic mass is 9.95. The summed E-state index contributed by atoms with van der Waals surface area (Å²) in [5, 5.41) is 3.56. The van der Waals surface area contributed by atoms with E-state index >= 15 is 0 Å². The van der Waals surface area contributed by atoms with Gasteiger partial charge in [-0.05, 0) is 31.8 Å². The number of piperazine rings is 1. The van der Waals surface area contributed by atoms with Crippen molar-refractivity contribution >= 4 is 0 Å². The molecule has 0 aromatic heterocycles. The molecule has 2 saturated heterocycles. The molecule has 0 aromatic carbocycles. The van der Waals surface area contributed by atoms with Gasteiger partial charge in [0.05, 0.1) is 0 Å². The lowest BCUT2D eigenvalue weighted by molar-refractivity contribution is 0.0338. The number of nitrogens with one attached hydrogen (secondary N) is 1. The largest absolute Gasteiger partial charge is 0.314 e. The maximum atomic E-state index is 3.56. The van der Waals surface area contributed by atoms with E-state index in [1.807, 2.05) is 0 Å². The van der Waals surface area contributed by atoms with Gasteiger partial charge < -0.3 is 10.2 Å². The fraction of sp³-hybridized carbons (Fsp3) is 1.00. The van der Waals surface area contributed by atoms with Crippen molar-refractivity contribution in [1.29, 1.82) is 0 Å². The van der Waals surface area contributed by atoms with E-state index in [2.05, 4.69) is 35.9 Å². The van der Waals surface area contributed by atoms with Crippen LogP contribution in [0.2, 0.25) is 0 Å². The summed E-state index contributed by atoms with van der Waals surface area (Å²) in [5.41, 5.74) is 0. The van der Waals surface area contributed by atoms with Gasteiger partial charge in [0.25, 0.3) is 0 Å². The van der Waals surface area contributed by atoms with Crippen LogP contribution in [0.15, 0.2) is 0 Å². The van der Waals surface area contributed by atoms with Crippen LogP contribution in [0, 0.1) is 5.92 Å².